The smallest absolute Gasteiger partial charge is 0.157 e. The van der Waals surface area contributed by atoms with Gasteiger partial charge in [-0.25, -0.2) is 4.99 Å². The van der Waals surface area contributed by atoms with Gasteiger partial charge in [-0.05, 0) is 108 Å². The van der Waals surface area contributed by atoms with Gasteiger partial charge in [0.2, 0.25) is 0 Å². The average molecular weight is 736 g/mol. The molecule has 8 heteroatoms. The minimum absolute atomic E-state index is 0.798. The van der Waals surface area contributed by atoms with Crippen molar-refractivity contribution in [2.75, 3.05) is 28.4 Å². The number of hydrogen-bond donors (Lipinski definition) is 3. The number of aliphatic imine (C=N–C) groups is 1. The largest absolute Gasteiger partial charge is 0.497 e. The van der Waals surface area contributed by atoms with Gasteiger partial charge < -0.3 is 28.9 Å². The van der Waals surface area contributed by atoms with Gasteiger partial charge in [-0.15, -0.1) is 0 Å². The third kappa shape index (κ3) is 6.47. The highest BCUT2D eigenvalue weighted by Gasteiger charge is 2.29. The van der Waals surface area contributed by atoms with E-state index in [0.29, 0.717) is 0 Å². The number of fused-ring (bicyclic) bond motifs is 7. The topological polar surface area (TPSA) is 92.9 Å². The molecule has 6 aromatic rings. The highest BCUT2D eigenvalue weighted by molar-refractivity contribution is 6.34. The van der Waals surface area contributed by atoms with E-state index in [-0.39, 0.29) is 0 Å². The molecule has 0 unspecified atom stereocenters. The number of allylic oxidation sites excluding steroid dienone is 3. The van der Waals surface area contributed by atoms with E-state index in [2.05, 4.69) is 113 Å². The van der Waals surface area contributed by atoms with Gasteiger partial charge in [0.05, 0.1) is 62.5 Å². The lowest BCUT2D eigenvalue weighted by Gasteiger charge is -2.05. The number of benzene rings is 4. The first-order chi connectivity index (χ1) is 27.5. The number of nitrogens with one attached hydrogen (secondary N) is 3. The van der Waals surface area contributed by atoms with Crippen molar-refractivity contribution >= 4 is 40.4 Å². The summed E-state index contributed by atoms with van der Waals surface area (Å²) in [5.74, 6) is 3.21. The van der Waals surface area contributed by atoms with Crippen LogP contribution in [0.5, 0.6) is 23.0 Å². The normalized spacial score (nSPS) is 14.3. The summed E-state index contributed by atoms with van der Waals surface area (Å²) in [6.07, 6.45) is 12.8. The predicted molar refractivity (Wildman–Crippen MR) is 225 cm³/mol. The Balaban J connectivity index is 1.31. The first kappa shape index (κ1) is 34.4. The van der Waals surface area contributed by atoms with Crippen LogP contribution in [-0.2, 0) is 0 Å². The highest BCUT2D eigenvalue weighted by atomic mass is 16.5. The molecule has 8 nitrogen and oxygen atoms in total. The molecule has 0 fully saturated rings. The molecule has 0 spiro atoms. The average Bonchev–Trinajstić information content (AvgIpc) is 4.07. The Kier molecular flexibility index (Phi) is 8.91. The van der Waals surface area contributed by atoms with Crippen molar-refractivity contribution in [2.45, 2.75) is 0 Å². The van der Waals surface area contributed by atoms with Crippen LogP contribution in [0.1, 0.15) is 11.1 Å². The van der Waals surface area contributed by atoms with Crippen LogP contribution in [0.15, 0.2) is 138 Å². The molecule has 2 aromatic heterocycles. The van der Waals surface area contributed by atoms with E-state index in [4.69, 9.17) is 23.9 Å². The zero-order chi connectivity index (χ0) is 38.2. The molecule has 9 rings (SSSR count). The number of aromatic amines is 2. The third-order valence-corrected chi connectivity index (χ3v) is 10.3. The maximum atomic E-state index is 5.49. The van der Waals surface area contributed by atoms with Crippen molar-refractivity contribution in [2.24, 2.45) is 4.99 Å². The lowest BCUT2D eigenvalue weighted by molar-refractivity contribution is 0.414. The Bertz CT molecular complexity index is 2850. The molecule has 274 valence electrons. The van der Waals surface area contributed by atoms with E-state index in [1.165, 1.54) is 0 Å². The van der Waals surface area contributed by atoms with Gasteiger partial charge in [0.25, 0.3) is 0 Å². The Hall–Kier alpha value is -7.32. The number of ether oxygens (including phenoxy) is 4. The molecule has 0 amide bonds. The van der Waals surface area contributed by atoms with Crippen LogP contribution in [0.2, 0.25) is 0 Å². The molecule has 0 radical (unpaired) electrons. The van der Waals surface area contributed by atoms with Gasteiger partial charge in [0, 0.05) is 34.2 Å². The zero-order valence-electron chi connectivity index (χ0n) is 31.4. The number of nitrogens with zero attached hydrogens (tertiary/aromatic N) is 1. The summed E-state index contributed by atoms with van der Waals surface area (Å²) >= 11 is 0. The monoisotopic (exact) mass is 735 g/mol. The lowest BCUT2D eigenvalue weighted by atomic mass is 9.99. The predicted octanol–water partition coefficient (Wildman–Crippen LogP) is 6.52. The van der Waals surface area contributed by atoms with Crippen molar-refractivity contribution < 1.29 is 18.9 Å². The van der Waals surface area contributed by atoms with E-state index >= 15 is 0 Å². The van der Waals surface area contributed by atoms with Crippen LogP contribution >= 0.6 is 0 Å². The van der Waals surface area contributed by atoms with Crippen LogP contribution in [0.4, 0.5) is 0 Å². The molecule has 3 aliphatic heterocycles. The van der Waals surface area contributed by atoms with Crippen molar-refractivity contribution in [3.8, 4) is 45.3 Å². The summed E-state index contributed by atoms with van der Waals surface area (Å²) in [5, 5.41) is 7.51. The van der Waals surface area contributed by atoms with Gasteiger partial charge in [0.1, 0.15) is 39.6 Å². The minimum atomic E-state index is 0.798. The maximum Gasteiger partial charge on any atom is 0.157 e. The highest BCUT2D eigenvalue weighted by Crippen LogP contribution is 2.33. The number of hydrogen-bond acceptors (Lipinski definition) is 6. The summed E-state index contributed by atoms with van der Waals surface area (Å²) in [7, 11) is 6.73. The summed E-state index contributed by atoms with van der Waals surface area (Å²) in [6, 6.07) is 36.9. The van der Waals surface area contributed by atoms with Crippen molar-refractivity contribution in [1.82, 2.24) is 15.3 Å². The first-order valence-corrected chi connectivity index (χ1v) is 18.3. The van der Waals surface area contributed by atoms with Crippen molar-refractivity contribution in [1.29, 1.82) is 0 Å². The fourth-order valence-electron chi connectivity index (χ4n) is 7.29. The van der Waals surface area contributed by atoms with E-state index in [9.17, 15) is 0 Å². The molecule has 0 saturated carbocycles. The molecule has 4 aromatic carbocycles. The zero-order valence-corrected chi connectivity index (χ0v) is 31.4. The van der Waals surface area contributed by atoms with Crippen molar-refractivity contribution in [3.05, 3.63) is 172 Å². The molecule has 0 atom stereocenters. The summed E-state index contributed by atoms with van der Waals surface area (Å²) < 4.78 is 21.9. The summed E-state index contributed by atoms with van der Waals surface area (Å²) in [4.78, 5) is 12.7. The molecule has 56 heavy (non-hydrogen) atoms. The van der Waals surface area contributed by atoms with Gasteiger partial charge in [-0.2, -0.15) is 0 Å². The fraction of sp³-hybridized carbons (Fsp3) is 0.0833. The Morgan fingerprint density at radius 1 is 0.518 bits per heavy atom. The number of H-pyrrole nitrogens is 2. The minimum Gasteiger partial charge on any atom is -0.497 e. The number of methoxy groups -OCH3 is 4. The third-order valence-electron chi connectivity index (χ3n) is 10.3. The first-order valence-electron chi connectivity index (χ1n) is 18.3. The van der Waals surface area contributed by atoms with Crippen LogP contribution < -0.4 is 45.7 Å². The van der Waals surface area contributed by atoms with E-state index in [1.807, 2.05) is 48.5 Å². The molecular formula is C48H39N4O4+. The Morgan fingerprint density at radius 2 is 0.982 bits per heavy atom. The van der Waals surface area contributed by atoms with Crippen LogP contribution in [0.25, 0.3) is 56.9 Å². The van der Waals surface area contributed by atoms with Crippen LogP contribution in [0.3, 0.4) is 0 Å². The molecular weight excluding hydrogens is 697 g/mol. The molecule has 8 bridgehead atoms. The Morgan fingerprint density at radius 3 is 1.50 bits per heavy atom. The van der Waals surface area contributed by atoms with Gasteiger partial charge >= 0.3 is 0 Å². The molecule has 0 aliphatic carbocycles. The maximum absolute atomic E-state index is 5.49. The van der Waals surface area contributed by atoms with Crippen molar-refractivity contribution in [3.63, 3.8) is 0 Å². The second-order valence-electron chi connectivity index (χ2n) is 13.6. The van der Waals surface area contributed by atoms with E-state index in [0.717, 1.165) is 112 Å². The SMILES string of the molecule is COc1ccc(C2=CC3=c4cc(-c5ccc(OC)cc5)c([nH]4)=CC=c4[nH]c(cc4-c4ccc(OC)cc4)=C4[CH+]C(c5ccc(OC)cc5)=C(C=CC2=N3)N4)cc1. The summed E-state index contributed by atoms with van der Waals surface area (Å²) in [6.45, 7) is 0. The molecule has 0 saturated heterocycles. The molecule has 3 aliphatic rings. The Labute approximate surface area is 324 Å². The molecule has 5 heterocycles. The number of rotatable bonds is 8. The van der Waals surface area contributed by atoms with Gasteiger partial charge in [-0.3, -0.25) is 5.32 Å². The van der Waals surface area contributed by atoms with Crippen LogP contribution in [-0.4, -0.2) is 44.1 Å². The lowest BCUT2D eigenvalue weighted by Crippen LogP contribution is -2.19. The second-order valence-corrected chi connectivity index (χ2v) is 13.6. The quantitative estimate of drug-likeness (QED) is 0.155. The second kappa shape index (κ2) is 14.5. The summed E-state index contributed by atoms with van der Waals surface area (Å²) in [5.41, 5.74) is 12.0. The fourth-order valence-corrected chi connectivity index (χ4v) is 7.29. The standard InChI is InChI=1S/C48H39N4O4/c1-53-33-13-5-29(6-14-33)37-25-45-46-26-38(30-7-15-34(54-2)16-8-30)43(50-46)23-24-44-40(32-11-19-36(56-4)20-12-32)28-48(52-44)47-27-39(31-9-17-35(55-3)18-10-31)42(51-47)22-21-41(37)49-45/h5-28,49-51H,1-4H3/q+1. The van der Waals surface area contributed by atoms with Gasteiger partial charge in [-0.1, -0.05) is 36.4 Å². The molecule has 3 N–H and O–H groups in total. The van der Waals surface area contributed by atoms with E-state index in [1.54, 1.807) is 28.4 Å². The van der Waals surface area contributed by atoms with Crippen LogP contribution in [0, 0.1) is 6.42 Å². The number of aromatic nitrogens is 2. The van der Waals surface area contributed by atoms with E-state index < -0.39 is 0 Å². The van der Waals surface area contributed by atoms with Gasteiger partial charge in [0.15, 0.2) is 5.70 Å².